The maximum Gasteiger partial charge on any atom is 1.00 e. The minimum Gasteiger partial charge on any atom is -0.453 e. The van der Waals surface area contributed by atoms with Crippen molar-refractivity contribution in [1.82, 2.24) is 0 Å². The molecule has 0 rings (SSSR count). The van der Waals surface area contributed by atoms with Gasteiger partial charge in [-0.05, 0) is 0 Å². The molecule has 0 fully saturated rings. The Labute approximate surface area is 75.2 Å². The van der Waals surface area contributed by atoms with Crippen LogP contribution in [-0.4, -0.2) is 18.9 Å². The van der Waals surface area contributed by atoms with Crippen molar-refractivity contribution in [1.29, 1.82) is 0 Å². The van der Waals surface area contributed by atoms with Gasteiger partial charge in [-0.2, -0.15) is 0 Å². The van der Waals surface area contributed by atoms with E-state index in [1.54, 1.807) is 0 Å². The molecular weight excluding hydrogens is 147 g/mol. The molecule has 0 spiro atoms. The van der Waals surface area contributed by atoms with E-state index >= 15 is 0 Å². The van der Waals surface area contributed by atoms with Crippen molar-refractivity contribution in [2.24, 2.45) is 0 Å². The van der Waals surface area contributed by atoms with Crippen LogP contribution in [-0.2, 0) is 9.47 Å². The summed E-state index contributed by atoms with van der Waals surface area (Å²) < 4.78 is 7.55. The Kier molecular flexibility index (Phi) is 8.32. The van der Waals surface area contributed by atoms with Gasteiger partial charge in [0.25, 0.3) is 6.16 Å². The van der Waals surface area contributed by atoms with Crippen LogP contribution < -0.4 is 24.0 Å². The summed E-state index contributed by atoms with van der Waals surface area (Å²) in [5.41, 5.74) is 0. The molecular formula is C5H5LiO5. The van der Waals surface area contributed by atoms with Gasteiger partial charge in [-0.25, -0.2) is 4.79 Å². The standard InChI is InChI=1S/C5H6O5.Li/c1-2-3-9-5(8)10-4(6)7;/h2H,1,3H2,(H,6,7);/q;+1/p-1. The van der Waals surface area contributed by atoms with Crippen molar-refractivity contribution in [3.63, 3.8) is 0 Å². The molecule has 0 saturated heterocycles. The van der Waals surface area contributed by atoms with Crippen molar-refractivity contribution >= 4 is 12.3 Å². The van der Waals surface area contributed by atoms with Gasteiger partial charge in [-0.3, -0.25) is 0 Å². The van der Waals surface area contributed by atoms with Crippen LogP contribution in [0.1, 0.15) is 0 Å². The molecule has 0 heterocycles. The summed E-state index contributed by atoms with van der Waals surface area (Å²) in [5, 5.41) is 9.51. The van der Waals surface area contributed by atoms with Gasteiger partial charge in [-0.1, -0.05) is 12.7 Å². The Bertz CT molecular complexity index is 155. The van der Waals surface area contributed by atoms with Crippen LogP contribution >= 0.6 is 0 Å². The normalized spacial score (nSPS) is 7.27. The molecule has 0 aliphatic heterocycles. The predicted molar refractivity (Wildman–Crippen MR) is 28.0 cm³/mol. The van der Waals surface area contributed by atoms with Gasteiger partial charge in [0.15, 0.2) is 0 Å². The second-order valence-corrected chi connectivity index (χ2v) is 1.20. The van der Waals surface area contributed by atoms with E-state index in [1.165, 1.54) is 6.08 Å². The van der Waals surface area contributed by atoms with E-state index in [9.17, 15) is 14.7 Å². The summed E-state index contributed by atoms with van der Waals surface area (Å²) in [6.07, 6.45) is -1.97. The molecule has 5 nitrogen and oxygen atoms in total. The van der Waals surface area contributed by atoms with Crippen LogP contribution in [0.5, 0.6) is 0 Å². The van der Waals surface area contributed by atoms with Crippen LogP contribution in [0.2, 0.25) is 0 Å². The Balaban J connectivity index is 0. The maximum atomic E-state index is 10.1. The van der Waals surface area contributed by atoms with Gasteiger partial charge in [-0.15, -0.1) is 0 Å². The SMILES string of the molecule is C=CCOC(=O)OC(=O)[O-].[Li+]. The molecule has 0 unspecified atom stereocenters. The number of hydrogen-bond donors (Lipinski definition) is 0. The number of carboxylic acid groups (broad SMARTS) is 1. The van der Waals surface area contributed by atoms with Crippen molar-refractivity contribution in [2.45, 2.75) is 0 Å². The molecule has 0 N–H and O–H groups in total. The fourth-order valence-electron chi connectivity index (χ4n) is 0.224. The molecule has 6 heteroatoms. The van der Waals surface area contributed by atoms with E-state index < -0.39 is 12.3 Å². The van der Waals surface area contributed by atoms with Crippen LogP contribution in [0.15, 0.2) is 12.7 Å². The third kappa shape index (κ3) is 9.08. The van der Waals surface area contributed by atoms with E-state index in [2.05, 4.69) is 16.1 Å². The van der Waals surface area contributed by atoms with E-state index in [1.807, 2.05) is 0 Å². The fraction of sp³-hybridized carbons (Fsp3) is 0.200. The Morgan fingerprint density at radius 1 is 1.55 bits per heavy atom. The van der Waals surface area contributed by atoms with Crippen molar-refractivity contribution < 1.29 is 43.0 Å². The average molecular weight is 152 g/mol. The Hall–Kier alpha value is -0.923. The first-order valence-electron chi connectivity index (χ1n) is 2.33. The Morgan fingerprint density at radius 2 is 2.09 bits per heavy atom. The third-order valence-electron chi connectivity index (χ3n) is 0.486. The first-order valence-corrected chi connectivity index (χ1v) is 2.33. The van der Waals surface area contributed by atoms with Gasteiger partial charge in [0.05, 0.1) is 0 Å². The summed E-state index contributed by atoms with van der Waals surface area (Å²) in [6, 6.07) is 0. The number of carbonyl (C=O) groups is 2. The molecule has 0 aromatic carbocycles. The van der Waals surface area contributed by atoms with E-state index in [-0.39, 0.29) is 25.5 Å². The van der Waals surface area contributed by atoms with Gasteiger partial charge in [0, 0.05) is 0 Å². The van der Waals surface area contributed by atoms with E-state index in [4.69, 9.17) is 0 Å². The zero-order valence-electron chi connectivity index (χ0n) is 6.03. The first-order chi connectivity index (χ1) is 4.66. The molecule has 0 atom stereocenters. The zero-order valence-corrected chi connectivity index (χ0v) is 6.03. The van der Waals surface area contributed by atoms with Gasteiger partial charge < -0.3 is 19.4 Å². The Morgan fingerprint density at radius 3 is 2.45 bits per heavy atom. The first kappa shape index (κ1) is 12.7. The molecule has 0 radical (unpaired) electrons. The molecule has 56 valence electrons. The zero-order chi connectivity index (χ0) is 7.98. The molecule has 0 aliphatic rings. The maximum absolute atomic E-state index is 10.1. The molecule has 0 amide bonds. The summed E-state index contributed by atoms with van der Waals surface area (Å²) in [6.45, 7) is 3.12. The minimum absolute atomic E-state index is 0. The predicted octanol–water partition coefficient (Wildman–Crippen LogP) is -3.33. The molecule has 11 heavy (non-hydrogen) atoms. The smallest absolute Gasteiger partial charge is 0.453 e. The summed E-state index contributed by atoms with van der Waals surface area (Å²) in [5.74, 6) is 0. The fourth-order valence-corrected chi connectivity index (χ4v) is 0.224. The van der Waals surface area contributed by atoms with Crippen LogP contribution in [0.25, 0.3) is 0 Å². The largest absolute Gasteiger partial charge is 1.00 e. The number of carbonyl (C=O) groups excluding carboxylic acids is 2. The average Bonchev–Trinajstić information content (AvgIpc) is 1.82. The van der Waals surface area contributed by atoms with E-state index in [0.29, 0.717) is 0 Å². The van der Waals surface area contributed by atoms with Crippen LogP contribution in [0.3, 0.4) is 0 Å². The molecule has 0 bridgehead atoms. The number of ether oxygens (including phenoxy) is 2. The van der Waals surface area contributed by atoms with Gasteiger partial charge >= 0.3 is 25.0 Å². The quantitative estimate of drug-likeness (QED) is 0.179. The van der Waals surface area contributed by atoms with Crippen molar-refractivity contribution in [2.75, 3.05) is 6.61 Å². The molecule has 0 saturated carbocycles. The summed E-state index contributed by atoms with van der Waals surface area (Å²) in [4.78, 5) is 19.6. The molecule has 0 aromatic rings. The summed E-state index contributed by atoms with van der Waals surface area (Å²) >= 11 is 0. The topological polar surface area (TPSA) is 75.7 Å². The monoisotopic (exact) mass is 152 g/mol. The van der Waals surface area contributed by atoms with Gasteiger partial charge in [0.1, 0.15) is 6.61 Å². The second-order valence-electron chi connectivity index (χ2n) is 1.20. The molecule has 0 aliphatic carbocycles. The second kappa shape index (κ2) is 7.19. The van der Waals surface area contributed by atoms with Crippen LogP contribution in [0, 0.1) is 0 Å². The third-order valence-corrected chi connectivity index (χ3v) is 0.486. The van der Waals surface area contributed by atoms with Crippen molar-refractivity contribution in [3.05, 3.63) is 12.7 Å². The number of rotatable bonds is 2. The van der Waals surface area contributed by atoms with Crippen LogP contribution in [0.4, 0.5) is 9.59 Å². The number of hydrogen-bond acceptors (Lipinski definition) is 5. The van der Waals surface area contributed by atoms with E-state index in [0.717, 1.165) is 0 Å². The van der Waals surface area contributed by atoms with Gasteiger partial charge in [0.2, 0.25) is 0 Å². The summed E-state index contributed by atoms with van der Waals surface area (Å²) in [7, 11) is 0. The minimum atomic E-state index is -1.94. The molecule has 0 aromatic heterocycles. The van der Waals surface area contributed by atoms with Crippen molar-refractivity contribution in [3.8, 4) is 0 Å².